The van der Waals surface area contributed by atoms with Gasteiger partial charge in [0.05, 0.1) is 11.3 Å². The molecule has 0 aromatic carbocycles. The van der Waals surface area contributed by atoms with E-state index in [1.54, 1.807) is 6.20 Å². The molecule has 4 heterocycles. The molecule has 2 aliphatic rings. The Morgan fingerprint density at radius 1 is 1.25 bits per heavy atom. The number of aromatic nitrogens is 2. The number of ether oxygens (including phenoxy) is 3. The highest BCUT2D eigenvalue weighted by molar-refractivity contribution is 5.37. The van der Waals surface area contributed by atoms with Crippen LogP contribution in [0.25, 0.3) is 0 Å². The van der Waals surface area contributed by atoms with Gasteiger partial charge in [0.2, 0.25) is 5.88 Å². The van der Waals surface area contributed by atoms with Gasteiger partial charge in [0.1, 0.15) is 25.4 Å². The van der Waals surface area contributed by atoms with Gasteiger partial charge in [-0.1, -0.05) is 0 Å². The fourth-order valence-electron chi connectivity index (χ4n) is 3.63. The summed E-state index contributed by atoms with van der Waals surface area (Å²) in [7, 11) is 0. The first-order valence-electron chi connectivity index (χ1n) is 9.68. The van der Waals surface area contributed by atoms with Gasteiger partial charge in [0.25, 0.3) is 5.88 Å². The molecule has 0 amide bonds. The lowest BCUT2D eigenvalue weighted by Crippen LogP contribution is -2.40. The van der Waals surface area contributed by atoms with Gasteiger partial charge in [-0.15, -0.1) is 0 Å². The van der Waals surface area contributed by atoms with E-state index in [-0.39, 0.29) is 12.1 Å². The number of aryl methyl sites for hydroxylation is 1. The summed E-state index contributed by atoms with van der Waals surface area (Å²) < 4.78 is 17.2. The number of fused-ring (bicyclic) bond motifs is 1. The maximum atomic E-state index is 9.02. The molecule has 146 valence electrons. The van der Waals surface area contributed by atoms with Crippen molar-refractivity contribution >= 4 is 0 Å². The summed E-state index contributed by atoms with van der Waals surface area (Å²) in [4.78, 5) is 11.3. The normalized spacial score (nSPS) is 18.3. The number of hydrogen-bond donors (Lipinski definition) is 0. The topological polar surface area (TPSA) is 80.5 Å². The average Bonchev–Trinajstić information content (AvgIpc) is 2.73. The Morgan fingerprint density at radius 3 is 2.79 bits per heavy atom. The number of pyridine rings is 2. The van der Waals surface area contributed by atoms with E-state index < -0.39 is 0 Å². The smallest absolute Gasteiger partial charge is 0.257 e. The van der Waals surface area contributed by atoms with Gasteiger partial charge in [-0.3, -0.25) is 4.90 Å². The van der Waals surface area contributed by atoms with E-state index in [9.17, 15) is 0 Å². The Kier molecular flexibility index (Phi) is 5.31. The number of piperidine rings is 1. The van der Waals surface area contributed by atoms with Crippen molar-refractivity contribution in [2.45, 2.75) is 38.8 Å². The molecule has 28 heavy (non-hydrogen) atoms. The van der Waals surface area contributed by atoms with Crippen LogP contribution in [0.4, 0.5) is 0 Å². The molecule has 1 atom stereocenters. The molecule has 0 spiro atoms. The predicted molar refractivity (Wildman–Crippen MR) is 103 cm³/mol. The van der Waals surface area contributed by atoms with Crippen LogP contribution < -0.4 is 14.2 Å². The van der Waals surface area contributed by atoms with E-state index in [0.29, 0.717) is 30.5 Å². The Bertz CT molecular complexity index is 888. The monoisotopic (exact) mass is 380 g/mol. The minimum absolute atomic E-state index is 0.136. The van der Waals surface area contributed by atoms with E-state index >= 15 is 0 Å². The molecule has 0 N–H and O–H groups in total. The van der Waals surface area contributed by atoms with E-state index in [4.69, 9.17) is 19.5 Å². The maximum absolute atomic E-state index is 9.02. The van der Waals surface area contributed by atoms with Gasteiger partial charge in [0.15, 0.2) is 5.75 Å². The second kappa shape index (κ2) is 8.03. The van der Waals surface area contributed by atoms with Crippen molar-refractivity contribution in [2.75, 3.05) is 26.3 Å². The standard InChI is InChI=1S/C21H24N4O3/c1-14-11-20(23-13-16(14)12-22)28-17-5-7-25(8-6-17)15(2)18-3-4-19-21(24-18)27-10-9-26-19/h3-4,11,13,15,17H,5-10H2,1-2H3. The molecule has 4 rings (SSSR count). The average molecular weight is 380 g/mol. The SMILES string of the molecule is Cc1cc(OC2CCN(C(C)c3ccc4c(n3)OCCO4)CC2)ncc1C#N. The van der Waals surface area contributed by atoms with Gasteiger partial charge in [0, 0.05) is 31.4 Å². The fraction of sp³-hybridized carbons (Fsp3) is 0.476. The lowest BCUT2D eigenvalue weighted by molar-refractivity contribution is 0.0752. The Labute approximate surface area is 164 Å². The molecule has 0 saturated carbocycles. The Balaban J connectivity index is 1.35. The van der Waals surface area contributed by atoms with Crippen molar-refractivity contribution < 1.29 is 14.2 Å². The highest BCUT2D eigenvalue weighted by Crippen LogP contribution is 2.32. The third-order valence-corrected chi connectivity index (χ3v) is 5.37. The lowest BCUT2D eigenvalue weighted by atomic mass is 10.0. The number of likely N-dealkylation sites (tertiary alicyclic amines) is 1. The second-order valence-electron chi connectivity index (χ2n) is 7.21. The molecule has 7 heteroatoms. The molecule has 0 bridgehead atoms. The highest BCUT2D eigenvalue weighted by Gasteiger charge is 2.26. The summed E-state index contributed by atoms with van der Waals surface area (Å²) in [5.74, 6) is 1.91. The van der Waals surface area contributed by atoms with Gasteiger partial charge < -0.3 is 14.2 Å². The quantitative estimate of drug-likeness (QED) is 0.806. The summed E-state index contributed by atoms with van der Waals surface area (Å²) in [5, 5.41) is 9.02. The Hall–Kier alpha value is -2.85. The summed E-state index contributed by atoms with van der Waals surface area (Å²) in [6, 6.07) is 8.14. The van der Waals surface area contributed by atoms with Crippen LogP contribution in [-0.4, -0.2) is 47.3 Å². The number of nitrogens with zero attached hydrogens (tertiary/aromatic N) is 4. The zero-order chi connectivity index (χ0) is 19.5. The van der Waals surface area contributed by atoms with E-state index in [0.717, 1.165) is 42.9 Å². The molecule has 1 saturated heterocycles. The molecule has 1 unspecified atom stereocenters. The van der Waals surface area contributed by atoms with Gasteiger partial charge in [-0.25, -0.2) is 9.97 Å². The van der Waals surface area contributed by atoms with Gasteiger partial charge in [-0.05, 0) is 44.4 Å². The molecule has 2 aliphatic heterocycles. The van der Waals surface area contributed by atoms with Crippen molar-refractivity contribution in [1.29, 1.82) is 5.26 Å². The molecule has 2 aromatic heterocycles. The maximum Gasteiger partial charge on any atom is 0.257 e. The lowest BCUT2D eigenvalue weighted by Gasteiger charge is -2.35. The van der Waals surface area contributed by atoms with Crippen LogP contribution >= 0.6 is 0 Å². The molecule has 0 aliphatic carbocycles. The van der Waals surface area contributed by atoms with Crippen molar-refractivity contribution in [3.8, 4) is 23.6 Å². The van der Waals surface area contributed by atoms with Crippen LogP contribution in [0.5, 0.6) is 17.5 Å². The highest BCUT2D eigenvalue weighted by atomic mass is 16.6. The first kappa shape index (κ1) is 18.5. The molecular formula is C21H24N4O3. The van der Waals surface area contributed by atoms with E-state index in [1.807, 2.05) is 25.1 Å². The Morgan fingerprint density at radius 2 is 2.04 bits per heavy atom. The molecule has 1 fully saturated rings. The second-order valence-corrected chi connectivity index (χ2v) is 7.21. The third-order valence-electron chi connectivity index (χ3n) is 5.37. The minimum Gasteiger partial charge on any atom is -0.484 e. The minimum atomic E-state index is 0.136. The largest absolute Gasteiger partial charge is 0.484 e. The number of rotatable bonds is 4. The summed E-state index contributed by atoms with van der Waals surface area (Å²) in [6.07, 6.45) is 3.57. The van der Waals surface area contributed by atoms with E-state index in [1.165, 1.54) is 0 Å². The van der Waals surface area contributed by atoms with Crippen molar-refractivity contribution in [1.82, 2.24) is 14.9 Å². The molecule has 0 radical (unpaired) electrons. The summed E-state index contributed by atoms with van der Waals surface area (Å²) >= 11 is 0. The first-order chi connectivity index (χ1) is 13.6. The van der Waals surface area contributed by atoms with Crippen LogP contribution in [0.3, 0.4) is 0 Å². The summed E-state index contributed by atoms with van der Waals surface area (Å²) in [5.41, 5.74) is 2.47. The van der Waals surface area contributed by atoms with Gasteiger partial charge >= 0.3 is 0 Å². The zero-order valence-corrected chi connectivity index (χ0v) is 16.2. The number of hydrogen-bond acceptors (Lipinski definition) is 7. The van der Waals surface area contributed by atoms with Crippen molar-refractivity contribution in [2.24, 2.45) is 0 Å². The zero-order valence-electron chi connectivity index (χ0n) is 16.2. The summed E-state index contributed by atoms with van der Waals surface area (Å²) in [6.45, 7) is 7.05. The van der Waals surface area contributed by atoms with E-state index in [2.05, 4.69) is 27.9 Å². The fourth-order valence-corrected chi connectivity index (χ4v) is 3.63. The van der Waals surface area contributed by atoms with Crippen molar-refractivity contribution in [3.63, 3.8) is 0 Å². The first-order valence-corrected chi connectivity index (χ1v) is 9.68. The van der Waals surface area contributed by atoms with Crippen LogP contribution in [-0.2, 0) is 0 Å². The van der Waals surface area contributed by atoms with Crippen LogP contribution in [0.1, 0.15) is 42.6 Å². The molecule has 7 nitrogen and oxygen atoms in total. The molecular weight excluding hydrogens is 356 g/mol. The van der Waals surface area contributed by atoms with Gasteiger partial charge in [-0.2, -0.15) is 5.26 Å². The van der Waals surface area contributed by atoms with Crippen molar-refractivity contribution in [3.05, 3.63) is 41.2 Å². The van der Waals surface area contributed by atoms with Crippen LogP contribution in [0.15, 0.2) is 24.4 Å². The molecule has 2 aromatic rings. The number of nitriles is 1. The van der Waals surface area contributed by atoms with Crippen LogP contribution in [0, 0.1) is 18.3 Å². The predicted octanol–water partition coefficient (Wildman–Crippen LogP) is 3.03. The van der Waals surface area contributed by atoms with Crippen LogP contribution in [0.2, 0.25) is 0 Å². The third kappa shape index (κ3) is 3.87.